The van der Waals surface area contributed by atoms with Crippen LogP contribution in [0, 0.1) is 0 Å². The Morgan fingerprint density at radius 1 is 1.33 bits per heavy atom. The van der Waals surface area contributed by atoms with Gasteiger partial charge in [-0.25, -0.2) is 0 Å². The Bertz CT molecular complexity index is 411. The first-order valence-corrected chi connectivity index (χ1v) is 6.68. The monoisotopic (exact) mass is 247 g/mol. The van der Waals surface area contributed by atoms with E-state index in [1.807, 2.05) is 17.0 Å². The zero-order chi connectivity index (χ0) is 13.0. The van der Waals surface area contributed by atoms with Crippen LogP contribution in [0.1, 0.15) is 43.6 Å². The summed E-state index contributed by atoms with van der Waals surface area (Å²) < 4.78 is 0. The van der Waals surface area contributed by atoms with E-state index in [2.05, 4.69) is 24.1 Å². The fourth-order valence-electron chi connectivity index (χ4n) is 2.23. The minimum atomic E-state index is 0.0575. The van der Waals surface area contributed by atoms with Crippen molar-refractivity contribution in [2.24, 2.45) is 0 Å². The van der Waals surface area contributed by atoms with Crippen LogP contribution in [0.25, 0.3) is 0 Å². The molecule has 2 rings (SSSR count). The fraction of sp³-hybridized carbons (Fsp3) is 0.571. The highest BCUT2D eigenvalue weighted by molar-refractivity contribution is 5.93. The number of nitrogens with one attached hydrogen (secondary N) is 1. The van der Waals surface area contributed by atoms with E-state index in [1.54, 1.807) is 6.20 Å². The van der Waals surface area contributed by atoms with E-state index in [0.717, 1.165) is 31.6 Å². The summed E-state index contributed by atoms with van der Waals surface area (Å²) in [5.41, 5.74) is 1.50. The number of carbonyl (C=O) groups excluding carboxylic acids is 1. The lowest BCUT2D eigenvalue weighted by Gasteiger charge is -2.26. The van der Waals surface area contributed by atoms with Gasteiger partial charge in [-0.05, 0) is 45.2 Å². The summed E-state index contributed by atoms with van der Waals surface area (Å²) in [4.78, 5) is 18.4. The van der Waals surface area contributed by atoms with Crippen molar-refractivity contribution in [2.75, 3.05) is 18.4 Å². The lowest BCUT2D eigenvalue weighted by Crippen LogP contribution is -2.36. The van der Waals surface area contributed by atoms with Crippen molar-refractivity contribution in [3.05, 3.63) is 24.0 Å². The maximum absolute atomic E-state index is 12.3. The maximum Gasteiger partial charge on any atom is 0.272 e. The highest BCUT2D eigenvalue weighted by atomic mass is 16.2. The SMILES string of the molecule is CC(C)Nc1ccnc(C(=O)N2CCCCC2)c1. The Kier molecular flexibility index (Phi) is 4.18. The van der Waals surface area contributed by atoms with Gasteiger partial charge in [-0.1, -0.05) is 0 Å². The van der Waals surface area contributed by atoms with Crippen LogP contribution in [0.3, 0.4) is 0 Å². The second kappa shape index (κ2) is 5.85. The summed E-state index contributed by atoms with van der Waals surface area (Å²) >= 11 is 0. The summed E-state index contributed by atoms with van der Waals surface area (Å²) in [6.45, 7) is 5.88. The minimum absolute atomic E-state index is 0.0575. The molecule has 1 amide bonds. The van der Waals surface area contributed by atoms with Crippen LogP contribution in [-0.4, -0.2) is 34.9 Å². The molecule has 1 aromatic rings. The van der Waals surface area contributed by atoms with Gasteiger partial charge in [0.15, 0.2) is 0 Å². The quantitative estimate of drug-likeness (QED) is 0.892. The number of piperidine rings is 1. The third-order valence-electron chi connectivity index (χ3n) is 3.08. The molecule has 1 aliphatic heterocycles. The maximum atomic E-state index is 12.3. The number of nitrogens with zero attached hydrogens (tertiary/aromatic N) is 2. The van der Waals surface area contributed by atoms with Gasteiger partial charge in [0, 0.05) is 31.0 Å². The summed E-state index contributed by atoms with van der Waals surface area (Å²) in [6.07, 6.45) is 5.14. The van der Waals surface area contributed by atoms with E-state index in [9.17, 15) is 4.79 Å². The molecule has 0 saturated carbocycles. The van der Waals surface area contributed by atoms with E-state index in [-0.39, 0.29) is 5.91 Å². The van der Waals surface area contributed by atoms with E-state index < -0.39 is 0 Å². The fourth-order valence-corrected chi connectivity index (χ4v) is 2.23. The van der Waals surface area contributed by atoms with Gasteiger partial charge in [-0.2, -0.15) is 0 Å². The molecule has 2 heterocycles. The van der Waals surface area contributed by atoms with Crippen LogP contribution in [0.5, 0.6) is 0 Å². The molecule has 0 aromatic carbocycles. The second-order valence-electron chi connectivity index (χ2n) is 5.08. The smallest absolute Gasteiger partial charge is 0.272 e. The first-order chi connectivity index (χ1) is 8.66. The van der Waals surface area contributed by atoms with Crippen LogP contribution in [0.2, 0.25) is 0 Å². The molecule has 1 aliphatic rings. The summed E-state index contributed by atoms with van der Waals surface area (Å²) in [7, 11) is 0. The Morgan fingerprint density at radius 2 is 2.06 bits per heavy atom. The number of likely N-dealkylation sites (tertiary alicyclic amines) is 1. The van der Waals surface area contributed by atoms with Crippen molar-refractivity contribution >= 4 is 11.6 Å². The molecule has 1 aromatic heterocycles. The number of amides is 1. The predicted molar refractivity (Wildman–Crippen MR) is 72.8 cm³/mol. The molecule has 0 atom stereocenters. The van der Waals surface area contributed by atoms with Crippen LogP contribution >= 0.6 is 0 Å². The Hall–Kier alpha value is -1.58. The van der Waals surface area contributed by atoms with Crippen molar-refractivity contribution in [3.63, 3.8) is 0 Å². The lowest BCUT2D eigenvalue weighted by molar-refractivity contribution is 0.0718. The number of aromatic nitrogens is 1. The van der Waals surface area contributed by atoms with Crippen LogP contribution in [0.4, 0.5) is 5.69 Å². The molecule has 0 spiro atoms. The molecule has 0 unspecified atom stereocenters. The molecule has 1 saturated heterocycles. The second-order valence-corrected chi connectivity index (χ2v) is 5.08. The zero-order valence-electron chi connectivity index (χ0n) is 11.1. The Labute approximate surface area is 108 Å². The van der Waals surface area contributed by atoms with Gasteiger partial charge in [0.1, 0.15) is 5.69 Å². The van der Waals surface area contributed by atoms with Crippen LogP contribution in [0.15, 0.2) is 18.3 Å². The predicted octanol–water partition coefficient (Wildman–Crippen LogP) is 2.53. The Morgan fingerprint density at radius 3 is 2.72 bits per heavy atom. The van der Waals surface area contributed by atoms with Crippen molar-refractivity contribution < 1.29 is 4.79 Å². The van der Waals surface area contributed by atoms with Crippen molar-refractivity contribution in [2.45, 2.75) is 39.2 Å². The summed E-state index contributed by atoms with van der Waals surface area (Å²) in [6, 6.07) is 4.09. The number of rotatable bonds is 3. The van der Waals surface area contributed by atoms with E-state index in [0.29, 0.717) is 11.7 Å². The zero-order valence-corrected chi connectivity index (χ0v) is 11.1. The van der Waals surface area contributed by atoms with E-state index >= 15 is 0 Å². The largest absolute Gasteiger partial charge is 0.383 e. The summed E-state index contributed by atoms with van der Waals surface area (Å²) in [5, 5.41) is 3.29. The van der Waals surface area contributed by atoms with E-state index in [1.165, 1.54) is 6.42 Å². The molecule has 0 bridgehead atoms. The Balaban J connectivity index is 2.09. The molecule has 0 aliphatic carbocycles. The standard InChI is InChI=1S/C14H21N3O/c1-11(2)16-12-6-7-15-13(10-12)14(18)17-8-4-3-5-9-17/h6-7,10-11H,3-5,8-9H2,1-2H3,(H,15,16). The molecular weight excluding hydrogens is 226 g/mol. The van der Waals surface area contributed by atoms with Gasteiger partial charge in [0.25, 0.3) is 5.91 Å². The normalized spacial score (nSPS) is 15.8. The van der Waals surface area contributed by atoms with Gasteiger partial charge in [-0.15, -0.1) is 0 Å². The molecule has 1 fully saturated rings. The number of hydrogen-bond acceptors (Lipinski definition) is 3. The number of anilines is 1. The first kappa shape index (κ1) is 12.9. The molecule has 4 nitrogen and oxygen atoms in total. The molecule has 98 valence electrons. The number of carbonyl (C=O) groups is 1. The minimum Gasteiger partial charge on any atom is -0.383 e. The van der Waals surface area contributed by atoms with E-state index in [4.69, 9.17) is 0 Å². The average Bonchev–Trinajstić information content (AvgIpc) is 2.38. The average molecular weight is 247 g/mol. The topological polar surface area (TPSA) is 45.2 Å². The molecule has 1 N–H and O–H groups in total. The van der Waals surface area contributed by atoms with Crippen molar-refractivity contribution in [3.8, 4) is 0 Å². The van der Waals surface area contributed by atoms with Crippen molar-refractivity contribution in [1.29, 1.82) is 0 Å². The number of hydrogen-bond donors (Lipinski definition) is 1. The van der Waals surface area contributed by atoms with Gasteiger partial charge in [0.2, 0.25) is 0 Å². The summed E-state index contributed by atoms with van der Waals surface area (Å²) in [5.74, 6) is 0.0575. The highest BCUT2D eigenvalue weighted by Gasteiger charge is 2.19. The molecular formula is C14H21N3O. The van der Waals surface area contributed by atoms with Crippen LogP contribution < -0.4 is 5.32 Å². The van der Waals surface area contributed by atoms with Gasteiger partial charge in [-0.3, -0.25) is 9.78 Å². The molecule has 18 heavy (non-hydrogen) atoms. The molecule has 0 radical (unpaired) electrons. The van der Waals surface area contributed by atoms with Gasteiger partial charge in [0.05, 0.1) is 0 Å². The van der Waals surface area contributed by atoms with Gasteiger partial charge >= 0.3 is 0 Å². The third kappa shape index (κ3) is 3.22. The lowest BCUT2D eigenvalue weighted by atomic mass is 10.1. The number of pyridine rings is 1. The molecule has 4 heteroatoms. The first-order valence-electron chi connectivity index (χ1n) is 6.68. The van der Waals surface area contributed by atoms with Crippen LogP contribution in [-0.2, 0) is 0 Å². The van der Waals surface area contributed by atoms with Gasteiger partial charge < -0.3 is 10.2 Å². The highest BCUT2D eigenvalue weighted by Crippen LogP contribution is 2.15. The third-order valence-corrected chi connectivity index (χ3v) is 3.08. The van der Waals surface area contributed by atoms with Crippen molar-refractivity contribution in [1.82, 2.24) is 9.88 Å².